The lowest BCUT2D eigenvalue weighted by Crippen LogP contribution is -2.10. The zero-order valence-corrected chi connectivity index (χ0v) is 15.0. The van der Waals surface area contributed by atoms with Crippen LogP contribution in [0.2, 0.25) is 0 Å². The summed E-state index contributed by atoms with van der Waals surface area (Å²) in [6, 6.07) is 10.3. The van der Waals surface area contributed by atoms with Crippen LogP contribution in [-0.4, -0.2) is 17.4 Å². The average Bonchev–Trinajstić information content (AvgIpc) is 3.42. The second-order valence-corrected chi connectivity index (χ2v) is 8.02. The third-order valence-corrected chi connectivity index (χ3v) is 6.29. The van der Waals surface area contributed by atoms with Crippen LogP contribution in [0.15, 0.2) is 30.3 Å². The average molecular weight is 349 g/mol. The van der Waals surface area contributed by atoms with E-state index in [0.717, 1.165) is 53.1 Å². The van der Waals surface area contributed by atoms with Crippen LogP contribution >= 0.6 is 11.3 Å². The van der Waals surface area contributed by atoms with Crippen molar-refractivity contribution in [2.45, 2.75) is 32.8 Å². The van der Waals surface area contributed by atoms with Crippen LogP contribution in [0.25, 0.3) is 21.3 Å². The number of rotatable bonds is 3. The SMILES string of the molecule is Cc1nc2sc3c(c2c(-c2ccccc2)c1C(=O)C1CC1)CCOC3. The molecular formula is C21H19NO2S. The fraction of sp³-hybridized carbons (Fsp3) is 0.333. The van der Waals surface area contributed by atoms with Crippen LogP contribution in [-0.2, 0) is 17.8 Å². The van der Waals surface area contributed by atoms with Crippen LogP contribution in [0.4, 0.5) is 0 Å². The summed E-state index contributed by atoms with van der Waals surface area (Å²) in [7, 11) is 0. The molecule has 5 rings (SSSR count). The highest BCUT2D eigenvalue weighted by atomic mass is 32.1. The Kier molecular flexibility index (Phi) is 3.50. The Morgan fingerprint density at radius 2 is 2.04 bits per heavy atom. The molecule has 0 amide bonds. The number of Topliss-reactive ketones (excluding diaryl/α,β-unsaturated/α-hetero) is 1. The Labute approximate surface area is 150 Å². The maximum Gasteiger partial charge on any atom is 0.168 e. The maximum absolute atomic E-state index is 13.1. The summed E-state index contributed by atoms with van der Waals surface area (Å²) in [5.41, 5.74) is 5.26. The number of thiophene rings is 1. The molecule has 3 nitrogen and oxygen atoms in total. The van der Waals surface area contributed by atoms with Gasteiger partial charge in [-0.15, -0.1) is 11.3 Å². The summed E-state index contributed by atoms with van der Waals surface area (Å²) in [5, 5.41) is 1.18. The predicted molar refractivity (Wildman–Crippen MR) is 100 cm³/mol. The molecular weight excluding hydrogens is 330 g/mol. The fourth-order valence-corrected chi connectivity index (χ4v) is 5.03. The molecule has 1 aromatic carbocycles. The zero-order chi connectivity index (χ0) is 17.0. The van der Waals surface area contributed by atoms with Crippen molar-refractivity contribution >= 4 is 27.3 Å². The number of hydrogen-bond donors (Lipinski definition) is 0. The van der Waals surface area contributed by atoms with Crippen molar-refractivity contribution in [3.05, 3.63) is 52.0 Å². The minimum atomic E-state index is 0.193. The number of nitrogens with zero attached hydrogens (tertiary/aromatic N) is 1. The summed E-state index contributed by atoms with van der Waals surface area (Å²) in [6.07, 6.45) is 2.93. The van der Waals surface area contributed by atoms with Crippen molar-refractivity contribution in [3.8, 4) is 11.1 Å². The summed E-state index contributed by atoms with van der Waals surface area (Å²) in [6.45, 7) is 3.39. The minimum absolute atomic E-state index is 0.193. The van der Waals surface area contributed by atoms with Gasteiger partial charge in [0.2, 0.25) is 0 Å². The molecule has 0 saturated heterocycles. The number of benzene rings is 1. The van der Waals surface area contributed by atoms with E-state index < -0.39 is 0 Å². The van der Waals surface area contributed by atoms with Gasteiger partial charge in [-0.1, -0.05) is 30.3 Å². The molecule has 0 unspecified atom stereocenters. The molecule has 3 heterocycles. The molecule has 1 aliphatic heterocycles. The van der Waals surface area contributed by atoms with Gasteiger partial charge in [0.1, 0.15) is 4.83 Å². The summed E-state index contributed by atoms with van der Waals surface area (Å²) in [4.78, 5) is 20.2. The van der Waals surface area contributed by atoms with Gasteiger partial charge in [-0.2, -0.15) is 0 Å². The van der Waals surface area contributed by atoms with Gasteiger partial charge in [-0.3, -0.25) is 4.79 Å². The summed E-state index contributed by atoms with van der Waals surface area (Å²) < 4.78 is 5.64. The van der Waals surface area contributed by atoms with Crippen molar-refractivity contribution in [1.29, 1.82) is 0 Å². The molecule has 2 aromatic heterocycles. The first-order valence-electron chi connectivity index (χ1n) is 8.86. The van der Waals surface area contributed by atoms with Gasteiger partial charge in [-0.25, -0.2) is 4.98 Å². The number of fused-ring (bicyclic) bond motifs is 3. The number of hydrogen-bond acceptors (Lipinski definition) is 4. The van der Waals surface area contributed by atoms with E-state index in [2.05, 4.69) is 12.1 Å². The Hall–Kier alpha value is -2.04. The lowest BCUT2D eigenvalue weighted by molar-refractivity contribution is 0.0967. The number of ketones is 1. The normalized spacial score (nSPS) is 16.8. The predicted octanol–water partition coefficient (Wildman–Crippen LogP) is 4.94. The Morgan fingerprint density at radius 1 is 1.24 bits per heavy atom. The lowest BCUT2D eigenvalue weighted by atomic mass is 9.90. The van der Waals surface area contributed by atoms with Crippen molar-refractivity contribution in [2.24, 2.45) is 5.92 Å². The van der Waals surface area contributed by atoms with Crippen molar-refractivity contribution < 1.29 is 9.53 Å². The Morgan fingerprint density at radius 3 is 2.80 bits per heavy atom. The quantitative estimate of drug-likeness (QED) is 0.629. The van der Waals surface area contributed by atoms with Gasteiger partial charge in [0.05, 0.1) is 18.9 Å². The van der Waals surface area contributed by atoms with E-state index in [1.54, 1.807) is 11.3 Å². The van der Waals surface area contributed by atoms with Crippen molar-refractivity contribution in [2.75, 3.05) is 6.61 Å². The molecule has 0 spiro atoms. The van der Waals surface area contributed by atoms with E-state index in [4.69, 9.17) is 9.72 Å². The van der Waals surface area contributed by atoms with Gasteiger partial charge in [0, 0.05) is 27.3 Å². The summed E-state index contributed by atoms with van der Waals surface area (Å²) in [5.74, 6) is 0.468. The molecule has 4 heteroatoms. The second-order valence-electron chi connectivity index (χ2n) is 6.94. The molecule has 0 atom stereocenters. The number of aromatic nitrogens is 1. The molecule has 25 heavy (non-hydrogen) atoms. The zero-order valence-electron chi connectivity index (χ0n) is 14.2. The third-order valence-electron chi connectivity index (χ3n) is 5.19. The van der Waals surface area contributed by atoms with E-state index in [1.165, 1.54) is 15.8 Å². The Bertz CT molecular complexity index is 986. The van der Waals surface area contributed by atoms with E-state index >= 15 is 0 Å². The summed E-state index contributed by atoms with van der Waals surface area (Å²) >= 11 is 1.72. The molecule has 1 aliphatic carbocycles. The third kappa shape index (κ3) is 2.43. The molecule has 3 aromatic rings. The molecule has 0 N–H and O–H groups in total. The number of carbonyl (C=O) groups is 1. The minimum Gasteiger partial charge on any atom is -0.376 e. The van der Waals surface area contributed by atoms with Crippen LogP contribution in [0, 0.1) is 12.8 Å². The van der Waals surface area contributed by atoms with Crippen LogP contribution < -0.4 is 0 Å². The molecule has 1 saturated carbocycles. The standard InChI is InChI=1S/C21H19NO2S/c1-12-17(20(23)14-7-8-14)18(13-5-3-2-4-6-13)19-15-9-10-24-11-16(15)25-21(19)22-12/h2-6,14H,7-11H2,1H3. The number of ether oxygens (including phenoxy) is 1. The van der Waals surface area contributed by atoms with Gasteiger partial charge in [-0.05, 0) is 37.3 Å². The molecule has 0 radical (unpaired) electrons. The second kappa shape index (κ2) is 5.75. The first-order valence-corrected chi connectivity index (χ1v) is 9.68. The van der Waals surface area contributed by atoms with E-state index in [9.17, 15) is 4.79 Å². The van der Waals surface area contributed by atoms with E-state index in [1.807, 2.05) is 25.1 Å². The molecule has 2 aliphatic rings. The molecule has 126 valence electrons. The lowest BCUT2D eigenvalue weighted by Gasteiger charge is -2.16. The number of carbonyl (C=O) groups excluding carboxylic acids is 1. The molecule has 0 bridgehead atoms. The highest BCUT2D eigenvalue weighted by Crippen LogP contribution is 2.44. The van der Waals surface area contributed by atoms with Crippen LogP contribution in [0.5, 0.6) is 0 Å². The highest BCUT2D eigenvalue weighted by Gasteiger charge is 2.35. The smallest absolute Gasteiger partial charge is 0.168 e. The van der Waals surface area contributed by atoms with E-state index in [-0.39, 0.29) is 11.7 Å². The first-order chi connectivity index (χ1) is 12.2. The van der Waals surface area contributed by atoms with Crippen molar-refractivity contribution in [3.63, 3.8) is 0 Å². The van der Waals surface area contributed by atoms with Gasteiger partial charge < -0.3 is 4.74 Å². The largest absolute Gasteiger partial charge is 0.376 e. The molecule has 1 fully saturated rings. The van der Waals surface area contributed by atoms with E-state index in [0.29, 0.717) is 6.61 Å². The Balaban J connectivity index is 1.88. The van der Waals surface area contributed by atoms with Crippen molar-refractivity contribution in [1.82, 2.24) is 4.98 Å². The van der Waals surface area contributed by atoms with Gasteiger partial charge in [0.15, 0.2) is 5.78 Å². The highest BCUT2D eigenvalue weighted by molar-refractivity contribution is 7.19. The number of pyridine rings is 1. The first kappa shape index (κ1) is 15.2. The topological polar surface area (TPSA) is 39.2 Å². The van der Waals surface area contributed by atoms with Gasteiger partial charge in [0.25, 0.3) is 0 Å². The number of aryl methyl sites for hydroxylation is 1. The fourth-order valence-electron chi connectivity index (χ4n) is 3.81. The monoisotopic (exact) mass is 349 g/mol. The van der Waals surface area contributed by atoms with Crippen LogP contribution in [0.3, 0.4) is 0 Å². The van der Waals surface area contributed by atoms with Gasteiger partial charge >= 0.3 is 0 Å². The van der Waals surface area contributed by atoms with Crippen LogP contribution in [0.1, 0.15) is 39.3 Å². The maximum atomic E-state index is 13.1.